The maximum atomic E-state index is 13.2. The van der Waals surface area contributed by atoms with Crippen LogP contribution in [0.3, 0.4) is 0 Å². The maximum Gasteiger partial charge on any atom is 0.137 e. The standard InChI is InChI=1S/C14H12BrF2NO/c1-8(18)11-6-9(16)2-5-14(11)19-10-3-4-13(17)12(15)7-10/h2-8H,18H2,1H3/t8-/m1/s1. The fourth-order valence-corrected chi connectivity index (χ4v) is 1.99. The minimum Gasteiger partial charge on any atom is -0.457 e. The normalized spacial score (nSPS) is 12.3. The summed E-state index contributed by atoms with van der Waals surface area (Å²) in [6.07, 6.45) is 0. The van der Waals surface area contributed by atoms with E-state index in [1.165, 1.54) is 36.4 Å². The topological polar surface area (TPSA) is 35.2 Å². The molecule has 2 nitrogen and oxygen atoms in total. The number of nitrogens with two attached hydrogens (primary N) is 1. The van der Waals surface area contributed by atoms with Gasteiger partial charge in [0, 0.05) is 11.6 Å². The van der Waals surface area contributed by atoms with Gasteiger partial charge in [-0.2, -0.15) is 0 Å². The van der Waals surface area contributed by atoms with Gasteiger partial charge >= 0.3 is 0 Å². The fraction of sp³-hybridized carbons (Fsp3) is 0.143. The van der Waals surface area contributed by atoms with Gasteiger partial charge in [-0.25, -0.2) is 8.78 Å². The van der Waals surface area contributed by atoms with E-state index in [2.05, 4.69) is 15.9 Å². The molecule has 0 radical (unpaired) electrons. The molecule has 2 aromatic carbocycles. The van der Waals surface area contributed by atoms with Gasteiger partial charge < -0.3 is 10.5 Å². The van der Waals surface area contributed by atoms with Crippen molar-refractivity contribution in [2.24, 2.45) is 5.73 Å². The van der Waals surface area contributed by atoms with Gasteiger partial charge in [-0.1, -0.05) is 0 Å². The van der Waals surface area contributed by atoms with E-state index in [4.69, 9.17) is 10.5 Å². The van der Waals surface area contributed by atoms with Crippen molar-refractivity contribution in [3.8, 4) is 11.5 Å². The summed E-state index contributed by atoms with van der Waals surface area (Å²) < 4.78 is 32.2. The summed E-state index contributed by atoms with van der Waals surface area (Å²) in [5.74, 6) is 0.149. The third-order valence-corrected chi connectivity index (χ3v) is 3.19. The SMILES string of the molecule is C[C@@H](N)c1cc(F)ccc1Oc1ccc(F)c(Br)c1. The first-order valence-electron chi connectivity index (χ1n) is 5.65. The minimum absolute atomic E-state index is 0.300. The van der Waals surface area contributed by atoms with Gasteiger partial charge in [-0.3, -0.25) is 0 Å². The molecule has 5 heteroatoms. The summed E-state index contributed by atoms with van der Waals surface area (Å²) in [4.78, 5) is 0. The summed E-state index contributed by atoms with van der Waals surface area (Å²) in [6, 6.07) is 8.05. The van der Waals surface area contributed by atoms with Crippen molar-refractivity contribution in [1.82, 2.24) is 0 Å². The number of hydrogen-bond acceptors (Lipinski definition) is 2. The Morgan fingerprint density at radius 1 is 1.16 bits per heavy atom. The highest BCUT2D eigenvalue weighted by atomic mass is 79.9. The Morgan fingerprint density at radius 3 is 2.53 bits per heavy atom. The van der Waals surface area contributed by atoms with Crippen LogP contribution in [0.15, 0.2) is 40.9 Å². The second kappa shape index (κ2) is 5.67. The molecule has 0 aliphatic rings. The molecular weight excluding hydrogens is 316 g/mol. The monoisotopic (exact) mass is 327 g/mol. The average Bonchev–Trinajstić information content (AvgIpc) is 2.36. The van der Waals surface area contributed by atoms with Gasteiger partial charge in [-0.05, 0) is 59.3 Å². The Balaban J connectivity index is 2.35. The molecule has 2 aromatic rings. The molecular formula is C14H12BrF2NO. The van der Waals surface area contributed by atoms with E-state index in [-0.39, 0.29) is 17.7 Å². The van der Waals surface area contributed by atoms with Crippen LogP contribution in [-0.4, -0.2) is 0 Å². The van der Waals surface area contributed by atoms with Crippen molar-refractivity contribution < 1.29 is 13.5 Å². The predicted molar refractivity (Wildman–Crippen MR) is 73.2 cm³/mol. The molecule has 0 aliphatic carbocycles. The zero-order chi connectivity index (χ0) is 14.0. The molecule has 100 valence electrons. The van der Waals surface area contributed by atoms with E-state index in [1.807, 2.05) is 0 Å². The van der Waals surface area contributed by atoms with Crippen LogP contribution < -0.4 is 10.5 Å². The molecule has 2 rings (SSSR count). The number of benzene rings is 2. The van der Waals surface area contributed by atoms with E-state index in [0.29, 0.717) is 21.5 Å². The molecule has 0 saturated heterocycles. The summed E-state index contributed by atoms with van der Waals surface area (Å²) in [7, 11) is 0. The lowest BCUT2D eigenvalue weighted by molar-refractivity contribution is 0.467. The quantitative estimate of drug-likeness (QED) is 0.898. The van der Waals surface area contributed by atoms with Crippen LogP contribution in [0.5, 0.6) is 11.5 Å². The zero-order valence-electron chi connectivity index (χ0n) is 10.2. The molecule has 0 saturated carbocycles. The van der Waals surface area contributed by atoms with Crippen molar-refractivity contribution in [3.05, 3.63) is 58.1 Å². The zero-order valence-corrected chi connectivity index (χ0v) is 11.7. The molecule has 0 aromatic heterocycles. The van der Waals surface area contributed by atoms with Gasteiger partial charge in [0.2, 0.25) is 0 Å². The lowest BCUT2D eigenvalue weighted by Gasteiger charge is -2.14. The lowest BCUT2D eigenvalue weighted by atomic mass is 10.1. The van der Waals surface area contributed by atoms with Gasteiger partial charge in [0.15, 0.2) is 0 Å². The Labute approximate surface area is 118 Å². The summed E-state index contributed by atoms with van der Waals surface area (Å²) in [5, 5.41) is 0. The minimum atomic E-state index is -0.376. The highest BCUT2D eigenvalue weighted by Crippen LogP contribution is 2.31. The van der Waals surface area contributed by atoms with E-state index in [0.717, 1.165) is 0 Å². The van der Waals surface area contributed by atoms with Gasteiger partial charge in [0.05, 0.1) is 4.47 Å². The molecule has 0 spiro atoms. The van der Waals surface area contributed by atoms with Crippen molar-refractivity contribution in [1.29, 1.82) is 0 Å². The Morgan fingerprint density at radius 2 is 1.89 bits per heavy atom. The second-order valence-electron chi connectivity index (χ2n) is 4.15. The Hall–Kier alpha value is -1.46. The number of ether oxygens (including phenoxy) is 1. The van der Waals surface area contributed by atoms with Crippen LogP contribution in [-0.2, 0) is 0 Å². The smallest absolute Gasteiger partial charge is 0.137 e. The van der Waals surface area contributed by atoms with Crippen LogP contribution in [0.4, 0.5) is 8.78 Å². The summed E-state index contributed by atoms with van der Waals surface area (Å²) in [6.45, 7) is 1.74. The van der Waals surface area contributed by atoms with Crippen molar-refractivity contribution in [2.45, 2.75) is 13.0 Å². The van der Waals surface area contributed by atoms with Gasteiger partial charge in [0.25, 0.3) is 0 Å². The lowest BCUT2D eigenvalue weighted by Crippen LogP contribution is -2.07. The molecule has 2 N–H and O–H groups in total. The first-order valence-corrected chi connectivity index (χ1v) is 6.44. The van der Waals surface area contributed by atoms with Crippen molar-refractivity contribution in [2.75, 3.05) is 0 Å². The Bertz CT molecular complexity index is 602. The molecule has 0 amide bonds. The average molecular weight is 328 g/mol. The number of hydrogen-bond donors (Lipinski definition) is 1. The van der Waals surface area contributed by atoms with Crippen molar-refractivity contribution >= 4 is 15.9 Å². The van der Waals surface area contributed by atoms with Gasteiger partial charge in [0.1, 0.15) is 23.1 Å². The van der Waals surface area contributed by atoms with E-state index in [9.17, 15) is 8.78 Å². The highest BCUT2D eigenvalue weighted by Gasteiger charge is 2.11. The van der Waals surface area contributed by atoms with Gasteiger partial charge in [-0.15, -0.1) is 0 Å². The Kier molecular flexibility index (Phi) is 4.17. The molecule has 19 heavy (non-hydrogen) atoms. The van der Waals surface area contributed by atoms with E-state index in [1.54, 1.807) is 6.92 Å². The van der Waals surface area contributed by atoms with Crippen LogP contribution in [0.25, 0.3) is 0 Å². The molecule has 0 heterocycles. The number of rotatable bonds is 3. The maximum absolute atomic E-state index is 13.2. The number of halogens is 3. The summed E-state index contributed by atoms with van der Waals surface area (Å²) >= 11 is 3.08. The highest BCUT2D eigenvalue weighted by molar-refractivity contribution is 9.10. The third kappa shape index (κ3) is 3.30. The molecule has 0 fully saturated rings. The van der Waals surface area contributed by atoms with Crippen LogP contribution >= 0.6 is 15.9 Å². The fourth-order valence-electron chi connectivity index (χ4n) is 1.64. The van der Waals surface area contributed by atoms with Crippen LogP contribution in [0, 0.1) is 11.6 Å². The van der Waals surface area contributed by atoms with E-state index < -0.39 is 0 Å². The largest absolute Gasteiger partial charge is 0.457 e. The molecule has 0 bridgehead atoms. The first kappa shape index (κ1) is 14.0. The molecule has 1 atom stereocenters. The second-order valence-corrected chi connectivity index (χ2v) is 5.00. The van der Waals surface area contributed by atoms with E-state index >= 15 is 0 Å². The molecule has 0 aliphatic heterocycles. The first-order chi connectivity index (χ1) is 8.97. The third-order valence-electron chi connectivity index (χ3n) is 2.58. The molecule has 0 unspecified atom stereocenters. The van der Waals surface area contributed by atoms with Crippen LogP contribution in [0.1, 0.15) is 18.5 Å². The van der Waals surface area contributed by atoms with Crippen LogP contribution in [0.2, 0.25) is 0 Å². The van der Waals surface area contributed by atoms with Crippen molar-refractivity contribution in [3.63, 3.8) is 0 Å². The summed E-state index contributed by atoms with van der Waals surface area (Å²) in [5.41, 5.74) is 6.33. The predicted octanol–water partition coefficient (Wildman–Crippen LogP) is 4.54.